The molecule has 1 N–H and O–H groups in total. The minimum Gasteiger partial charge on any atom is -0.481 e. The van der Waals surface area contributed by atoms with Crippen LogP contribution >= 0.6 is 11.8 Å². The Bertz CT molecular complexity index is 445. The Hall–Kier alpha value is -1.49. The summed E-state index contributed by atoms with van der Waals surface area (Å²) in [5.41, 5.74) is 0.772. The molecular weight excluding hydrogens is 274 g/mol. The number of benzene rings is 1. The van der Waals surface area contributed by atoms with Crippen LogP contribution in [0.3, 0.4) is 0 Å². The van der Waals surface area contributed by atoms with E-state index >= 15 is 0 Å². The zero-order valence-corrected chi connectivity index (χ0v) is 12.8. The molecule has 1 aromatic rings. The fourth-order valence-electron chi connectivity index (χ4n) is 1.65. The molecule has 110 valence electrons. The number of carboxylic acid groups (broad SMARTS) is 1. The van der Waals surface area contributed by atoms with Gasteiger partial charge in [0.05, 0.1) is 12.2 Å². The van der Waals surface area contributed by atoms with Crippen molar-refractivity contribution in [3.05, 3.63) is 29.8 Å². The smallest absolute Gasteiger partial charge is 0.307 e. The van der Waals surface area contributed by atoms with Gasteiger partial charge in [0, 0.05) is 18.5 Å². The van der Waals surface area contributed by atoms with Crippen molar-refractivity contribution in [2.45, 2.75) is 31.1 Å². The molecule has 1 aromatic carbocycles. The van der Waals surface area contributed by atoms with E-state index in [4.69, 9.17) is 5.11 Å². The second kappa shape index (κ2) is 8.64. The number of carboxylic acids is 1. The second-order valence-electron chi connectivity index (χ2n) is 4.67. The standard InChI is InChI=1S/C15H21NO3S/c1-3-4-9-16(2)14(17)11-20-13-7-5-12(6-8-13)10-15(18)19/h5-8H,3-4,9-11H2,1-2H3,(H,18,19). The molecule has 0 radical (unpaired) electrons. The van der Waals surface area contributed by atoms with Crippen LogP contribution in [0, 0.1) is 0 Å². The number of aliphatic carboxylic acids is 1. The van der Waals surface area contributed by atoms with Gasteiger partial charge >= 0.3 is 5.97 Å². The van der Waals surface area contributed by atoms with Crippen molar-refractivity contribution in [3.8, 4) is 0 Å². The van der Waals surface area contributed by atoms with Crippen molar-refractivity contribution in [3.63, 3.8) is 0 Å². The second-order valence-corrected chi connectivity index (χ2v) is 5.72. The maximum Gasteiger partial charge on any atom is 0.307 e. The van der Waals surface area contributed by atoms with Gasteiger partial charge in [-0.3, -0.25) is 9.59 Å². The van der Waals surface area contributed by atoms with Gasteiger partial charge in [-0.1, -0.05) is 25.5 Å². The van der Waals surface area contributed by atoms with E-state index in [1.54, 1.807) is 17.0 Å². The van der Waals surface area contributed by atoms with Gasteiger partial charge in [-0.15, -0.1) is 11.8 Å². The first-order chi connectivity index (χ1) is 9.52. The molecule has 0 aliphatic heterocycles. The van der Waals surface area contributed by atoms with Gasteiger partial charge in [-0.25, -0.2) is 0 Å². The monoisotopic (exact) mass is 295 g/mol. The van der Waals surface area contributed by atoms with Gasteiger partial charge in [0.25, 0.3) is 0 Å². The van der Waals surface area contributed by atoms with Crippen LogP contribution in [0.4, 0.5) is 0 Å². The first kappa shape index (κ1) is 16.6. The molecule has 0 fully saturated rings. The number of thioether (sulfide) groups is 1. The fraction of sp³-hybridized carbons (Fsp3) is 0.467. The van der Waals surface area contributed by atoms with E-state index in [1.807, 2.05) is 19.2 Å². The molecule has 5 heteroatoms. The molecule has 0 saturated heterocycles. The third-order valence-corrected chi connectivity index (χ3v) is 3.91. The molecule has 1 amide bonds. The molecule has 0 spiro atoms. The number of unbranched alkanes of at least 4 members (excludes halogenated alkanes) is 1. The van der Waals surface area contributed by atoms with Gasteiger partial charge in [0.1, 0.15) is 0 Å². The lowest BCUT2D eigenvalue weighted by Gasteiger charge is -2.16. The van der Waals surface area contributed by atoms with Gasteiger partial charge in [-0.05, 0) is 24.1 Å². The molecule has 0 saturated carbocycles. The third kappa shape index (κ3) is 6.10. The van der Waals surface area contributed by atoms with Crippen LogP contribution in [0.5, 0.6) is 0 Å². The van der Waals surface area contributed by atoms with Gasteiger partial charge in [0.15, 0.2) is 0 Å². The first-order valence-corrected chi connectivity index (χ1v) is 7.69. The molecule has 0 aliphatic rings. The first-order valence-electron chi connectivity index (χ1n) is 6.70. The number of rotatable bonds is 8. The van der Waals surface area contributed by atoms with Crippen LogP contribution in [0.1, 0.15) is 25.3 Å². The van der Waals surface area contributed by atoms with Crippen LogP contribution in [0.25, 0.3) is 0 Å². The predicted molar refractivity (Wildman–Crippen MR) is 81.1 cm³/mol. The summed E-state index contributed by atoms with van der Waals surface area (Å²) in [5, 5.41) is 8.69. The minimum absolute atomic E-state index is 0.0314. The van der Waals surface area contributed by atoms with Gasteiger partial charge < -0.3 is 10.0 Å². The van der Waals surface area contributed by atoms with Crippen molar-refractivity contribution >= 4 is 23.6 Å². The SMILES string of the molecule is CCCCN(C)C(=O)CSc1ccc(CC(=O)O)cc1. The largest absolute Gasteiger partial charge is 0.481 e. The van der Waals surface area contributed by atoms with E-state index in [-0.39, 0.29) is 12.3 Å². The Morgan fingerprint density at radius 2 is 1.90 bits per heavy atom. The van der Waals surface area contributed by atoms with Gasteiger partial charge in [-0.2, -0.15) is 0 Å². The molecule has 0 aliphatic carbocycles. The van der Waals surface area contributed by atoms with Crippen LogP contribution in [0.2, 0.25) is 0 Å². The summed E-state index contributed by atoms with van der Waals surface area (Å²) >= 11 is 1.48. The summed E-state index contributed by atoms with van der Waals surface area (Å²) in [6.07, 6.45) is 2.14. The summed E-state index contributed by atoms with van der Waals surface area (Å²) in [6.45, 7) is 2.90. The topological polar surface area (TPSA) is 57.6 Å². The highest BCUT2D eigenvalue weighted by molar-refractivity contribution is 8.00. The van der Waals surface area contributed by atoms with Crippen LogP contribution in [-0.4, -0.2) is 41.2 Å². The van der Waals surface area contributed by atoms with Crippen LogP contribution in [-0.2, 0) is 16.0 Å². The number of amides is 1. The summed E-state index contributed by atoms with van der Waals surface area (Å²) in [6, 6.07) is 7.31. The maximum absolute atomic E-state index is 11.9. The third-order valence-electron chi connectivity index (χ3n) is 2.91. The Kier molecular flexibility index (Phi) is 7.15. The van der Waals surface area contributed by atoms with E-state index in [9.17, 15) is 9.59 Å². The van der Waals surface area contributed by atoms with Crippen molar-refractivity contribution in [2.24, 2.45) is 0 Å². The highest BCUT2D eigenvalue weighted by atomic mass is 32.2. The van der Waals surface area contributed by atoms with E-state index in [0.29, 0.717) is 5.75 Å². The maximum atomic E-state index is 11.9. The summed E-state index contributed by atoms with van der Waals surface area (Å²) in [4.78, 5) is 25.2. The summed E-state index contributed by atoms with van der Waals surface area (Å²) in [7, 11) is 1.83. The Morgan fingerprint density at radius 3 is 2.45 bits per heavy atom. The van der Waals surface area contributed by atoms with Gasteiger partial charge in [0.2, 0.25) is 5.91 Å². The van der Waals surface area contributed by atoms with E-state index in [2.05, 4.69) is 6.92 Å². The molecule has 0 bridgehead atoms. The predicted octanol–water partition coefficient (Wildman–Crippen LogP) is 2.66. The highest BCUT2D eigenvalue weighted by Crippen LogP contribution is 2.19. The quantitative estimate of drug-likeness (QED) is 0.749. The minimum atomic E-state index is -0.835. The number of hydrogen-bond acceptors (Lipinski definition) is 3. The average Bonchev–Trinajstić information content (AvgIpc) is 2.43. The molecule has 0 atom stereocenters. The van der Waals surface area contributed by atoms with Crippen molar-refractivity contribution in [2.75, 3.05) is 19.3 Å². The molecule has 4 nitrogen and oxygen atoms in total. The fourth-order valence-corrected chi connectivity index (χ4v) is 2.49. The molecule has 0 unspecified atom stereocenters. The number of hydrogen-bond donors (Lipinski definition) is 1. The van der Waals surface area contributed by atoms with E-state index < -0.39 is 5.97 Å². The summed E-state index contributed by atoms with van der Waals surface area (Å²) < 4.78 is 0. The molecule has 20 heavy (non-hydrogen) atoms. The average molecular weight is 295 g/mol. The number of nitrogens with zero attached hydrogens (tertiary/aromatic N) is 1. The molecule has 0 heterocycles. The van der Waals surface area contributed by atoms with Crippen molar-refractivity contribution < 1.29 is 14.7 Å². The number of carbonyl (C=O) groups excluding carboxylic acids is 1. The zero-order valence-electron chi connectivity index (χ0n) is 12.0. The van der Waals surface area contributed by atoms with Crippen LogP contribution < -0.4 is 0 Å². The highest BCUT2D eigenvalue weighted by Gasteiger charge is 2.08. The number of carbonyl (C=O) groups is 2. The van der Waals surface area contributed by atoms with Crippen LogP contribution in [0.15, 0.2) is 29.2 Å². The Labute approximate surface area is 124 Å². The molecule has 1 rings (SSSR count). The lowest BCUT2D eigenvalue weighted by atomic mass is 10.2. The lowest BCUT2D eigenvalue weighted by molar-refractivity contribution is -0.136. The van der Waals surface area contributed by atoms with Crippen molar-refractivity contribution in [1.29, 1.82) is 0 Å². The lowest BCUT2D eigenvalue weighted by Crippen LogP contribution is -2.29. The van der Waals surface area contributed by atoms with E-state index in [0.717, 1.165) is 29.8 Å². The Balaban J connectivity index is 2.41. The normalized spacial score (nSPS) is 10.3. The van der Waals surface area contributed by atoms with Crippen molar-refractivity contribution in [1.82, 2.24) is 4.90 Å². The Morgan fingerprint density at radius 1 is 1.25 bits per heavy atom. The van der Waals surface area contributed by atoms with E-state index in [1.165, 1.54) is 11.8 Å². The molecule has 0 aromatic heterocycles. The zero-order chi connectivity index (χ0) is 15.0. The molecular formula is C15H21NO3S. The summed E-state index contributed by atoms with van der Waals surface area (Å²) in [5.74, 6) is -0.297.